The molecule has 0 spiro atoms. The Kier molecular flexibility index (Phi) is 13.7. The molecule has 0 radical (unpaired) electrons. The van der Waals surface area contributed by atoms with Crippen LogP contribution >= 0.6 is 23.2 Å². The van der Waals surface area contributed by atoms with E-state index in [9.17, 15) is 9.59 Å². The van der Waals surface area contributed by atoms with Crippen LogP contribution in [0.25, 0.3) is 0 Å². The van der Waals surface area contributed by atoms with E-state index >= 15 is 0 Å². The minimum absolute atomic E-state index is 0.249. The lowest BCUT2D eigenvalue weighted by molar-refractivity contribution is -0.142. The van der Waals surface area contributed by atoms with Crippen LogP contribution in [0.3, 0.4) is 0 Å². The van der Waals surface area contributed by atoms with Gasteiger partial charge in [-0.05, 0) is 44.4 Å². The van der Waals surface area contributed by atoms with Crippen molar-refractivity contribution in [1.29, 1.82) is 0 Å². The van der Waals surface area contributed by atoms with Gasteiger partial charge < -0.3 is 14.2 Å². The van der Waals surface area contributed by atoms with E-state index in [4.69, 9.17) is 37.4 Å². The van der Waals surface area contributed by atoms with Crippen LogP contribution in [0.1, 0.15) is 58.3 Å². The van der Waals surface area contributed by atoms with Gasteiger partial charge in [0.25, 0.3) is 0 Å². The summed E-state index contributed by atoms with van der Waals surface area (Å²) in [7, 11) is 0. The summed E-state index contributed by atoms with van der Waals surface area (Å²) in [5.74, 6) is -0.561. The van der Waals surface area contributed by atoms with Crippen molar-refractivity contribution in [2.24, 2.45) is 0 Å². The van der Waals surface area contributed by atoms with Crippen LogP contribution in [0.4, 0.5) is 0 Å². The number of unbranched alkanes of at least 4 members (excludes halogenated alkanes) is 6. The Balaban J connectivity index is 2.49. The van der Waals surface area contributed by atoms with E-state index in [0.29, 0.717) is 22.2 Å². The van der Waals surface area contributed by atoms with E-state index in [-0.39, 0.29) is 19.0 Å². The first kappa shape index (κ1) is 26.1. The topological polar surface area (TPSA) is 61.8 Å². The van der Waals surface area contributed by atoms with Gasteiger partial charge >= 0.3 is 11.9 Å². The molecule has 0 fully saturated rings. The number of halogens is 2. The van der Waals surface area contributed by atoms with Gasteiger partial charge in [0.1, 0.15) is 11.5 Å². The zero-order valence-corrected chi connectivity index (χ0v) is 19.0. The largest absolute Gasteiger partial charge is 0.480 e. The second-order valence-corrected chi connectivity index (χ2v) is 7.49. The summed E-state index contributed by atoms with van der Waals surface area (Å²) in [6, 6.07) is 4.70. The quantitative estimate of drug-likeness (QED) is 0.0968. The summed E-state index contributed by atoms with van der Waals surface area (Å²) < 4.78 is 15.6. The molecular weight excluding hydrogens is 427 g/mol. The van der Waals surface area contributed by atoms with Crippen molar-refractivity contribution in [2.75, 3.05) is 13.2 Å². The summed E-state index contributed by atoms with van der Waals surface area (Å²) >= 11 is 11.9. The van der Waals surface area contributed by atoms with Gasteiger partial charge in [0.15, 0.2) is 6.61 Å². The highest BCUT2D eigenvalue weighted by Crippen LogP contribution is 2.27. The van der Waals surface area contributed by atoms with Crippen LogP contribution in [0, 0.1) is 0 Å². The molecule has 0 unspecified atom stereocenters. The molecule has 1 aromatic carbocycles. The number of hydrogen-bond acceptors (Lipinski definition) is 5. The second kappa shape index (κ2) is 15.8. The van der Waals surface area contributed by atoms with Crippen molar-refractivity contribution in [3.05, 3.63) is 52.7 Å². The zero-order valence-electron chi connectivity index (χ0n) is 17.5. The number of carbonyl (C=O) groups is 2. The summed E-state index contributed by atoms with van der Waals surface area (Å²) in [6.07, 6.45) is 11.1. The van der Waals surface area contributed by atoms with Crippen LogP contribution in [0.15, 0.2) is 42.7 Å². The SMILES string of the molecule is C=CCCCCCCCC/C(=C/C(=O)OCC)OC(=O)COc1ccc(Cl)cc1Cl. The monoisotopic (exact) mass is 456 g/mol. The van der Waals surface area contributed by atoms with Crippen molar-refractivity contribution < 1.29 is 23.8 Å². The first-order valence-corrected chi connectivity index (χ1v) is 11.0. The fraction of sp³-hybridized carbons (Fsp3) is 0.478. The first-order valence-electron chi connectivity index (χ1n) is 10.2. The lowest BCUT2D eigenvalue weighted by Crippen LogP contribution is -2.16. The van der Waals surface area contributed by atoms with Crippen molar-refractivity contribution in [3.8, 4) is 5.75 Å². The maximum Gasteiger partial charge on any atom is 0.349 e. The molecule has 0 aliphatic rings. The lowest BCUT2D eigenvalue weighted by atomic mass is 10.1. The van der Waals surface area contributed by atoms with E-state index in [2.05, 4.69) is 6.58 Å². The van der Waals surface area contributed by atoms with Gasteiger partial charge in [-0.2, -0.15) is 0 Å². The Morgan fingerprint density at radius 2 is 1.77 bits per heavy atom. The smallest absolute Gasteiger partial charge is 0.349 e. The van der Waals surface area contributed by atoms with E-state index in [1.807, 2.05) is 6.08 Å². The normalized spacial score (nSPS) is 11.1. The second-order valence-electron chi connectivity index (χ2n) is 6.65. The standard InChI is InChI=1S/C23H30Cl2O5/c1-3-5-6-7-8-9-10-11-12-19(16-22(26)28-4-2)30-23(27)17-29-21-14-13-18(24)15-20(21)25/h3,13-16H,1,4-12,17H2,2H3/b19-16-. The average Bonchev–Trinajstić information content (AvgIpc) is 2.69. The molecule has 0 aromatic heterocycles. The fourth-order valence-corrected chi connectivity index (χ4v) is 3.13. The summed E-state index contributed by atoms with van der Waals surface area (Å²) in [6.45, 7) is 5.34. The maximum absolute atomic E-state index is 12.2. The highest BCUT2D eigenvalue weighted by atomic mass is 35.5. The highest BCUT2D eigenvalue weighted by Gasteiger charge is 2.12. The van der Waals surface area contributed by atoms with Crippen LogP contribution in [-0.4, -0.2) is 25.2 Å². The third-order valence-corrected chi connectivity index (χ3v) is 4.66. The van der Waals surface area contributed by atoms with Crippen molar-refractivity contribution >= 4 is 35.1 Å². The molecule has 0 heterocycles. The molecule has 0 aliphatic carbocycles. The third kappa shape index (κ3) is 11.9. The van der Waals surface area contributed by atoms with Crippen molar-refractivity contribution in [2.45, 2.75) is 58.3 Å². The van der Waals surface area contributed by atoms with Crippen molar-refractivity contribution in [1.82, 2.24) is 0 Å². The Hall–Kier alpha value is -1.98. The number of rotatable bonds is 15. The molecule has 0 amide bonds. The number of esters is 2. The predicted molar refractivity (Wildman–Crippen MR) is 120 cm³/mol. The Labute approximate surface area is 189 Å². The summed E-state index contributed by atoms with van der Waals surface area (Å²) in [4.78, 5) is 23.9. The third-order valence-electron chi connectivity index (χ3n) is 4.13. The molecule has 7 heteroatoms. The van der Waals surface area contributed by atoms with Crippen molar-refractivity contribution in [3.63, 3.8) is 0 Å². The molecule has 5 nitrogen and oxygen atoms in total. The van der Waals surface area contributed by atoms with Gasteiger partial charge in [0.2, 0.25) is 0 Å². The zero-order chi connectivity index (χ0) is 22.2. The molecule has 0 saturated heterocycles. The minimum Gasteiger partial charge on any atom is -0.480 e. The van der Waals surface area contributed by atoms with E-state index in [1.165, 1.54) is 18.6 Å². The molecule has 0 bridgehead atoms. The van der Waals surface area contributed by atoms with E-state index in [1.54, 1.807) is 19.1 Å². The van der Waals surface area contributed by atoms with Gasteiger partial charge in [-0.3, -0.25) is 0 Å². The average molecular weight is 457 g/mol. The number of benzene rings is 1. The van der Waals surface area contributed by atoms with Gasteiger partial charge in [-0.25, -0.2) is 9.59 Å². The molecule has 30 heavy (non-hydrogen) atoms. The molecule has 0 saturated carbocycles. The fourth-order valence-electron chi connectivity index (χ4n) is 2.67. The Morgan fingerprint density at radius 1 is 1.07 bits per heavy atom. The molecule has 0 N–H and O–H groups in total. The first-order chi connectivity index (χ1) is 14.5. The number of ether oxygens (including phenoxy) is 3. The molecule has 166 valence electrons. The predicted octanol–water partition coefficient (Wildman–Crippen LogP) is 6.67. The van der Waals surface area contributed by atoms with Crippen LogP contribution in [0.5, 0.6) is 5.75 Å². The Bertz CT molecular complexity index is 716. The summed E-state index contributed by atoms with van der Waals surface area (Å²) in [5.41, 5.74) is 0. The van der Waals surface area contributed by atoms with E-state index < -0.39 is 11.9 Å². The highest BCUT2D eigenvalue weighted by molar-refractivity contribution is 6.35. The Morgan fingerprint density at radius 3 is 2.43 bits per heavy atom. The number of carbonyl (C=O) groups excluding carboxylic acids is 2. The van der Waals surface area contributed by atoms with Crippen LogP contribution in [0.2, 0.25) is 10.0 Å². The van der Waals surface area contributed by atoms with Gasteiger partial charge in [0, 0.05) is 11.4 Å². The molecule has 1 aromatic rings. The van der Waals surface area contributed by atoms with Gasteiger partial charge in [-0.15, -0.1) is 6.58 Å². The maximum atomic E-state index is 12.2. The molecule has 0 atom stereocenters. The molecule has 0 aliphatic heterocycles. The van der Waals surface area contributed by atoms with Crippen LogP contribution in [-0.2, 0) is 19.1 Å². The molecule has 1 rings (SSSR count). The number of hydrogen-bond donors (Lipinski definition) is 0. The van der Waals surface area contributed by atoms with Crippen LogP contribution < -0.4 is 4.74 Å². The summed E-state index contributed by atoms with van der Waals surface area (Å²) in [5, 5.41) is 0.765. The lowest BCUT2D eigenvalue weighted by Gasteiger charge is -2.11. The number of allylic oxidation sites excluding steroid dienone is 2. The molecular formula is C23H30Cl2O5. The van der Waals surface area contributed by atoms with Gasteiger partial charge in [0.05, 0.1) is 17.7 Å². The van der Waals surface area contributed by atoms with E-state index in [0.717, 1.165) is 38.5 Å². The minimum atomic E-state index is -0.624. The van der Waals surface area contributed by atoms with Gasteiger partial charge in [-0.1, -0.05) is 55.0 Å².